The van der Waals surface area contributed by atoms with Crippen LogP contribution in [-0.2, 0) is 6.42 Å². The van der Waals surface area contributed by atoms with Crippen molar-refractivity contribution in [3.8, 4) is 0 Å². The Balaban J connectivity index is 1.68. The third-order valence-corrected chi connectivity index (χ3v) is 4.79. The number of hydrogen-bond donors (Lipinski definition) is 1. The zero-order chi connectivity index (χ0) is 16.9. The zero-order valence-corrected chi connectivity index (χ0v) is 13.7. The molecule has 2 aromatic rings. The molecule has 0 bridgehead atoms. The number of nitrogens with zero attached hydrogens (tertiary/aromatic N) is 3. The van der Waals surface area contributed by atoms with Crippen LogP contribution in [0.4, 0.5) is 11.4 Å². The lowest BCUT2D eigenvalue weighted by molar-refractivity contribution is -0.595. The Kier molecular flexibility index (Phi) is 3.09. The number of hydrazine groups is 1. The molecule has 0 atom stereocenters. The Morgan fingerprint density at radius 3 is 2.58 bits per heavy atom. The number of benzene rings is 2. The first kappa shape index (κ1) is 14.7. The van der Waals surface area contributed by atoms with Gasteiger partial charge in [-0.15, -0.1) is 0 Å². The van der Waals surface area contributed by atoms with Gasteiger partial charge in [-0.2, -0.15) is 10.4 Å². The van der Waals surface area contributed by atoms with Crippen molar-refractivity contribution in [3.63, 3.8) is 0 Å². The van der Waals surface area contributed by atoms with E-state index in [0.717, 1.165) is 17.9 Å². The average Bonchev–Trinajstić information content (AvgIpc) is 3.01. The maximum Gasteiger partial charge on any atom is 0.303 e. The Morgan fingerprint density at radius 1 is 1.17 bits per heavy atom. The molecule has 0 fully saturated rings. The molecular formula is C18H19N4O2+. The largest absolute Gasteiger partial charge is 0.303 e. The highest BCUT2D eigenvalue weighted by atomic mass is 16.6. The number of nitro groups is 1. The molecule has 0 radical (unpaired) electrons. The van der Waals surface area contributed by atoms with Crippen LogP contribution in [0.3, 0.4) is 0 Å². The minimum absolute atomic E-state index is 0.00616. The number of hydrogen-bond acceptors (Lipinski definition) is 4. The van der Waals surface area contributed by atoms with Gasteiger partial charge in [0.2, 0.25) is 0 Å². The fraction of sp³-hybridized carbons (Fsp3) is 0.278. The maximum absolute atomic E-state index is 10.8. The monoisotopic (exact) mass is 323 g/mol. The Bertz CT molecular complexity index is 856. The zero-order valence-electron chi connectivity index (χ0n) is 13.7. The molecule has 0 unspecified atom stereocenters. The van der Waals surface area contributed by atoms with Crippen LogP contribution in [0.25, 0.3) is 0 Å². The third kappa shape index (κ3) is 2.22. The van der Waals surface area contributed by atoms with Gasteiger partial charge in [0.1, 0.15) is 5.54 Å². The highest BCUT2D eigenvalue weighted by Crippen LogP contribution is 2.30. The Morgan fingerprint density at radius 2 is 1.88 bits per heavy atom. The van der Waals surface area contributed by atoms with E-state index in [1.54, 1.807) is 12.1 Å². The smallest absolute Gasteiger partial charge is 0.258 e. The van der Waals surface area contributed by atoms with Crippen LogP contribution < -0.4 is 10.4 Å². The van der Waals surface area contributed by atoms with Gasteiger partial charge in [-0.1, -0.05) is 18.2 Å². The van der Waals surface area contributed by atoms with E-state index < -0.39 is 0 Å². The first-order chi connectivity index (χ1) is 11.5. The van der Waals surface area contributed by atoms with Gasteiger partial charge in [0.15, 0.2) is 6.67 Å². The lowest BCUT2D eigenvalue weighted by atomic mass is 9.87. The van der Waals surface area contributed by atoms with Gasteiger partial charge in [-0.3, -0.25) is 10.1 Å². The molecule has 2 aromatic carbocycles. The Labute approximate surface area is 140 Å². The summed E-state index contributed by atoms with van der Waals surface area (Å²) >= 11 is 0. The van der Waals surface area contributed by atoms with Gasteiger partial charge in [0, 0.05) is 18.6 Å². The number of non-ortho nitro benzene ring substituents is 1. The van der Waals surface area contributed by atoms with Crippen molar-refractivity contribution in [2.75, 3.05) is 11.7 Å². The highest BCUT2D eigenvalue weighted by molar-refractivity contribution is 5.99. The van der Waals surface area contributed by atoms with Gasteiger partial charge >= 0.3 is 5.84 Å². The van der Waals surface area contributed by atoms with E-state index in [-0.39, 0.29) is 16.1 Å². The van der Waals surface area contributed by atoms with Crippen molar-refractivity contribution >= 4 is 17.2 Å². The molecule has 1 N–H and O–H groups in total. The fourth-order valence-electron chi connectivity index (χ4n) is 3.50. The summed E-state index contributed by atoms with van der Waals surface area (Å²) in [6, 6.07) is 15.1. The van der Waals surface area contributed by atoms with Crippen LogP contribution >= 0.6 is 0 Å². The van der Waals surface area contributed by atoms with Gasteiger partial charge < -0.3 is 0 Å². The van der Waals surface area contributed by atoms with Gasteiger partial charge in [-0.25, -0.2) is 4.58 Å². The van der Waals surface area contributed by atoms with E-state index in [2.05, 4.69) is 48.1 Å². The normalized spacial score (nSPS) is 18.0. The molecule has 24 heavy (non-hydrogen) atoms. The van der Waals surface area contributed by atoms with E-state index in [1.807, 2.05) is 5.01 Å². The van der Waals surface area contributed by atoms with Crippen LogP contribution in [0.2, 0.25) is 0 Å². The van der Waals surface area contributed by atoms with Gasteiger partial charge in [0.05, 0.1) is 16.2 Å². The summed E-state index contributed by atoms with van der Waals surface area (Å²) in [6.45, 7) is 5.18. The second-order valence-corrected chi connectivity index (χ2v) is 6.88. The number of amidine groups is 1. The SMILES string of the molecule is CC1(C)Cc2ccccc2C2=[N+]1CN(c1ccc([N+](=O)[O-])cc1)N2. The maximum atomic E-state index is 10.8. The number of nitrogens with one attached hydrogen (secondary N) is 1. The van der Waals surface area contributed by atoms with Crippen molar-refractivity contribution < 1.29 is 9.50 Å². The molecule has 0 aromatic heterocycles. The van der Waals surface area contributed by atoms with Crippen molar-refractivity contribution in [1.82, 2.24) is 5.43 Å². The van der Waals surface area contributed by atoms with Crippen LogP contribution in [-0.4, -0.2) is 27.5 Å². The molecule has 2 aliphatic heterocycles. The number of nitro benzene ring substituents is 1. The fourth-order valence-corrected chi connectivity index (χ4v) is 3.50. The van der Waals surface area contributed by atoms with Crippen molar-refractivity contribution in [3.05, 3.63) is 69.8 Å². The second-order valence-electron chi connectivity index (χ2n) is 6.88. The Hall–Kier alpha value is -2.89. The first-order valence-electron chi connectivity index (χ1n) is 7.97. The first-order valence-corrected chi connectivity index (χ1v) is 7.97. The summed E-state index contributed by atoms with van der Waals surface area (Å²) in [5.74, 6) is 1.10. The number of fused-ring (bicyclic) bond motifs is 2. The van der Waals surface area contributed by atoms with E-state index in [0.29, 0.717) is 6.67 Å². The topological polar surface area (TPSA) is 61.4 Å². The molecule has 4 rings (SSSR count). The quantitative estimate of drug-likeness (QED) is 0.524. The predicted molar refractivity (Wildman–Crippen MR) is 92.2 cm³/mol. The lowest BCUT2D eigenvalue weighted by Crippen LogP contribution is -2.45. The minimum Gasteiger partial charge on any atom is -0.258 e. The van der Waals surface area contributed by atoms with E-state index in [9.17, 15) is 10.1 Å². The van der Waals surface area contributed by atoms with Crippen molar-refractivity contribution in [1.29, 1.82) is 0 Å². The predicted octanol–water partition coefficient (Wildman–Crippen LogP) is 2.67. The van der Waals surface area contributed by atoms with Crippen molar-refractivity contribution in [2.45, 2.75) is 25.8 Å². The third-order valence-electron chi connectivity index (χ3n) is 4.79. The molecule has 0 aliphatic carbocycles. The molecule has 122 valence electrons. The standard InChI is InChI=1S/C18H18N4O2/c1-18(2)11-13-5-3-4-6-16(13)17-19-21(12-20(17)18)14-7-9-15(10-8-14)22(23)24/h3-10H,11-12H2,1-2H3/p+1. The summed E-state index contributed by atoms with van der Waals surface area (Å²) in [5.41, 5.74) is 7.06. The highest BCUT2D eigenvalue weighted by Gasteiger charge is 2.43. The molecular weight excluding hydrogens is 304 g/mol. The molecule has 2 heterocycles. The van der Waals surface area contributed by atoms with Crippen LogP contribution in [0, 0.1) is 10.1 Å². The summed E-state index contributed by atoms with van der Waals surface area (Å²) in [6.07, 6.45) is 0.989. The van der Waals surface area contributed by atoms with Gasteiger partial charge in [0.25, 0.3) is 5.69 Å². The van der Waals surface area contributed by atoms with Crippen molar-refractivity contribution in [2.24, 2.45) is 0 Å². The molecule has 6 heteroatoms. The summed E-state index contributed by atoms with van der Waals surface area (Å²) in [7, 11) is 0. The number of rotatable bonds is 2. The van der Waals surface area contributed by atoms with Gasteiger partial charge in [-0.05, 0) is 37.6 Å². The molecule has 0 amide bonds. The minimum atomic E-state index is -0.376. The summed E-state index contributed by atoms with van der Waals surface area (Å²) < 4.78 is 2.36. The lowest BCUT2D eigenvalue weighted by Gasteiger charge is -2.29. The summed E-state index contributed by atoms with van der Waals surface area (Å²) in [4.78, 5) is 10.4. The van der Waals surface area contributed by atoms with E-state index in [4.69, 9.17) is 0 Å². The second kappa shape index (κ2) is 5.06. The number of anilines is 1. The summed E-state index contributed by atoms with van der Waals surface area (Å²) in [5, 5.41) is 12.9. The van der Waals surface area contributed by atoms with Crippen LogP contribution in [0.15, 0.2) is 48.5 Å². The molecule has 6 nitrogen and oxygen atoms in total. The van der Waals surface area contributed by atoms with Crippen LogP contribution in [0.1, 0.15) is 25.0 Å². The molecule has 0 saturated carbocycles. The average molecular weight is 323 g/mol. The van der Waals surface area contributed by atoms with E-state index >= 15 is 0 Å². The van der Waals surface area contributed by atoms with E-state index in [1.165, 1.54) is 23.3 Å². The van der Waals surface area contributed by atoms with Crippen LogP contribution in [0.5, 0.6) is 0 Å². The molecule has 0 spiro atoms. The molecule has 2 aliphatic rings. The molecule has 0 saturated heterocycles.